The molecule has 0 saturated heterocycles. The standard InChI is InChI=1S/C29H33ClN2O2/c1-2-27(29(34)31-24-14-5-6-15-24)32(20-23-11-4-8-17-26(23)30)28(33)19-18-22-13-9-12-21-10-3-7-16-25(21)22/h3-4,7-13,16-17,24,27H,2,5-6,14-15,18-20H2,1H3,(H,31,34)/t27-/m1/s1. The van der Waals surface area contributed by atoms with Crippen LogP contribution in [0.15, 0.2) is 66.7 Å². The van der Waals surface area contributed by atoms with Crippen molar-refractivity contribution in [3.05, 3.63) is 82.9 Å². The van der Waals surface area contributed by atoms with Crippen molar-refractivity contribution in [2.24, 2.45) is 0 Å². The summed E-state index contributed by atoms with van der Waals surface area (Å²) >= 11 is 6.44. The van der Waals surface area contributed by atoms with Crippen molar-refractivity contribution in [3.63, 3.8) is 0 Å². The lowest BCUT2D eigenvalue weighted by Crippen LogP contribution is -2.51. The smallest absolute Gasteiger partial charge is 0.243 e. The minimum atomic E-state index is -0.517. The topological polar surface area (TPSA) is 49.4 Å². The number of halogens is 1. The van der Waals surface area contributed by atoms with Crippen LogP contribution in [0.3, 0.4) is 0 Å². The number of fused-ring (bicyclic) bond motifs is 1. The number of carbonyl (C=O) groups excluding carboxylic acids is 2. The lowest BCUT2D eigenvalue weighted by atomic mass is 10.00. The van der Waals surface area contributed by atoms with Gasteiger partial charge in [0.15, 0.2) is 0 Å². The fourth-order valence-corrected chi connectivity index (χ4v) is 5.19. The van der Waals surface area contributed by atoms with E-state index in [1.807, 2.05) is 49.4 Å². The van der Waals surface area contributed by atoms with E-state index in [1.54, 1.807) is 4.90 Å². The fraction of sp³-hybridized carbons (Fsp3) is 0.379. The summed E-state index contributed by atoms with van der Waals surface area (Å²) < 4.78 is 0. The normalized spacial score (nSPS) is 14.8. The fourth-order valence-electron chi connectivity index (χ4n) is 4.99. The summed E-state index contributed by atoms with van der Waals surface area (Å²) in [5.74, 6) is -0.0822. The number of nitrogens with one attached hydrogen (secondary N) is 1. The lowest BCUT2D eigenvalue weighted by Gasteiger charge is -2.32. The van der Waals surface area contributed by atoms with Crippen molar-refractivity contribution in [1.82, 2.24) is 10.2 Å². The van der Waals surface area contributed by atoms with Gasteiger partial charge in [-0.15, -0.1) is 0 Å². The Labute approximate surface area is 207 Å². The van der Waals surface area contributed by atoms with E-state index in [-0.39, 0.29) is 17.9 Å². The minimum absolute atomic E-state index is 0.0266. The predicted molar refractivity (Wildman–Crippen MR) is 139 cm³/mol. The molecule has 1 aliphatic carbocycles. The largest absolute Gasteiger partial charge is 0.352 e. The third kappa shape index (κ3) is 5.79. The van der Waals surface area contributed by atoms with Crippen LogP contribution in [0, 0.1) is 0 Å². The van der Waals surface area contributed by atoms with Crippen LogP contribution in [0.2, 0.25) is 5.02 Å². The highest BCUT2D eigenvalue weighted by Gasteiger charge is 2.30. The molecule has 0 aliphatic heterocycles. The molecular formula is C29H33ClN2O2. The minimum Gasteiger partial charge on any atom is -0.352 e. The van der Waals surface area contributed by atoms with Gasteiger partial charge in [-0.3, -0.25) is 9.59 Å². The van der Waals surface area contributed by atoms with E-state index in [2.05, 4.69) is 29.6 Å². The van der Waals surface area contributed by atoms with Crippen molar-refractivity contribution in [2.45, 2.75) is 70.5 Å². The monoisotopic (exact) mass is 476 g/mol. The molecule has 2 amide bonds. The zero-order valence-corrected chi connectivity index (χ0v) is 20.6. The number of hydrogen-bond donors (Lipinski definition) is 1. The average Bonchev–Trinajstić information content (AvgIpc) is 3.36. The first-order chi connectivity index (χ1) is 16.6. The van der Waals surface area contributed by atoms with Crippen LogP contribution in [0.4, 0.5) is 0 Å². The summed E-state index contributed by atoms with van der Waals surface area (Å²) in [4.78, 5) is 28.6. The molecule has 4 rings (SSSR count). The van der Waals surface area contributed by atoms with Gasteiger partial charge in [-0.05, 0) is 53.6 Å². The molecule has 0 bridgehead atoms. The van der Waals surface area contributed by atoms with Crippen LogP contribution < -0.4 is 5.32 Å². The Morgan fingerprint density at radius 2 is 1.65 bits per heavy atom. The Kier molecular flexibility index (Phi) is 8.23. The molecule has 0 aromatic heterocycles. The zero-order valence-electron chi connectivity index (χ0n) is 19.8. The van der Waals surface area contributed by atoms with Crippen molar-refractivity contribution in [1.29, 1.82) is 0 Å². The summed E-state index contributed by atoms with van der Waals surface area (Å²) in [6.07, 6.45) is 5.85. The number of benzene rings is 3. The van der Waals surface area contributed by atoms with E-state index < -0.39 is 6.04 Å². The Balaban J connectivity index is 1.55. The first-order valence-electron chi connectivity index (χ1n) is 12.4. The molecule has 1 atom stereocenters. The first kappa shape index (κ1) is 24.3. The molecule has 3 aromatic carbocycles. The summed E-state index contributed by atoms with van der Waals surface area (Å²) in [7, 11) is 0. The molecule has 0 unspecified atom stereocenters. The molecule has 178 valence electrons. The van der Waals surface area contributed by atoms with Crippen LogP contribution in [0.5, 0.6) is 0 Å². The van der Waals surface area contributed by atoms with E-state index in [0.29, 0.717) is 30.8 Å². The number of carbonyl (C=O) groups is 2. The summed E-state index contributed by atoms with van der Waals surface area (Å²) in [5.41, 5.74) is 2.00. The van der Waals surface area contributed by atoms with E-state index in [0.717, 1.165) is 36.8 Å². The van der Waals surface area contributed by atoms with Crippen molar-refractivity contribution in [3.8, 4) is 0 Å². The number of rotatable bonds is 9. The summed E-state index contributed by atoms with van der Waals surface area (Å²) in [6.45, 7) is 2.29. The quantitative estimate of drug-likeness (QED) is 0.394. The van der Waals surface area contributed by atoms with Crippen LogP contribution in [-0.4, -0.2) is 28.8 Å². The van der Waals surface area contributed by atoms with Crippen molar-refractivity contribution in [2.75, 3.05) is 0 Å². The maximum absolute atomic E-state index is 13.6. The van der Waals surface area contributed by atoms with Gasteiger partial charge >= 0.3 is 0 Å². The molecular weight excluding hydrogens is 444 g/mol. The molecule has 3 aromatic rings. The molecule has 0 heterocycles. The molecule has 1 fully saturated rings. The van der Waals surface area contributed by atoms with E-state index in [9.17, 15) is 9.59 Å². The highest BCUT2D eigenvalue weighted by atomic mass is 35.5. The second kappa shape index (κ2) is 11.5. The molecule has 1 N–H and O–H groups in total. The first-order valence-corrected chi connectivity index (χ1v) is 12.7. The molecule has 5 heteroatoms. The number of amides is 2. The van der Waals surface area contributed by atoms with Crippen molar-refractivity contribution < 1.29 is 9.59 Å². The Morgan fingerprint density at radius 1 is 0.971 bits per heavy atom. The molecule has 1 aliphatic rings. The SMILES string of the molecule is CC[C@H](C(=O)NC1CCCC1)N(Cc1ccccc1Cl)C(=O)CCc1cccc2ccccc12. The maximum Gasteiger partial charge on any atom is 0.243 e. The van der Waals surface area contributed by atoms with E-state index >= 15 is 0 Å². The van der Waals surface area contributed by atoms with Crippen LogP contribution >= 0.6 is 11.6 Å². The van der Waals surface area contributed by atoms with Gasteiger partial charge in [0, 0.05) is 24.0 Å². The third-order valence-corrected chi connectivity index (χ3v) is 7.24. The number of nitrogens with zero attached hydrogens (tertiary/aromatic N) is 1. The zero-order chi connectivity index (χ0) is 23.9. The summed E-state index contributed by atoms with van der Waals surface area (Å²) in [5, 5.41) is 6.15. The molecule has 1 saturated carbocycles. The number of hydrogen-bond acceptors (Lipinski definition) is 2. The maximum atomic E-state index is 13.6. The van der Waals surface area contributed by atoms with Gasteiger partial charge in [0.25, 0.3) is 0 Å². The molecule has 0 spiro atoms. The van der Waals surface area contributed by atoms with Crippen LogP contribution in [-0.2, 0) is 22.6 Å². The second-order valence-electron chi connectivity index (χ2n) is 9.17. The van der Waals surface area contributed by atoms with Gasteiger partial charge < -0.3 is 10.2 Å². The van der Waals surface area contributed by atoms with Crippen molar-refractivity contribution >= 4 is 34.2 Å². The Bertz CT molecular complexity index is 1130. The van der Waals surface area contributed by atoms with Crippen LogP contribution in [0.1, 0.15) is 56.6 Å². The summed E-state index contributed by atoms with van der Waals surface area (Å²) in [6, 6.07) is 21.7. The molecule has 34 heavy (non-hydrogen) atoms. The molecule has 4 nitrogen and oxygen atoms in total. The van der Waals surface area contributed by atoms with Gasteiger partial charge in [0.2, 0.25) is 11.8 Å². The Hall–Kier alpha value is -2.85. The number of aryl methyl sites for hydroxylation is 1. The highest BCUT2D eigenvalue weighted by molar-refractivity contribution is 6.31. The molecule has 0 radical (unpaired) electrons. The van der Waals surface area contributed by atoms with E-state index in [4.69, 9.17) is 11.6 Å². The van der Waals surface area contributed by atoms with Gasteiger partial charge in [0.05, 0.1) is 0 Å². The lowest BCUT2D eigenvalue weighted by molar-refractivity contribution is -0.141. The highest BCUT2D eigenvalue weighted by Crippen LogP contribution is 2.24. The second-order valence-corrected chi connectivity index (χ2v) is 9.57. The van der Waals surface area contributed by atoms with Gasteiger partial charge in [-0.25, -0.2) is 0 Å². The van der Waals surface area contributed by atoms with Gasteiger partial charge in [-0.1, -0.05) is 92.0 Å². The van der Waals surface area contributed by atoms with Gasteiger partial charge in [0.1, 0.15) is 6.04 Å². The van der Waals surface area contributed by atoms with E-state index in [1.165, 1.54) is 10.8 Å². The van der Waals surface area contributed by atoms with Gasteiger partial charge in [-0.2, -0.15) is 0 Å². The third-order valence-electron chi connectivity index (χ3n) is 6.87. The predicted octanol–water partition coefficient (Wildman–Crippen LogP) is 6.29. The Morgan fingerprint density at radius 3 is 2.41 bits per heavy atom. The van der Waals surface area contributed by atoms with Crippen LogP contribution in [0.25, 0.3) is 10.8 Å². The average molecular weight is 477 g/mol.